The number of benzene rings is 2. The van der Waals surface area contributed by atoms with E-state index in [0.717, 1.165) is 0 Å². The van der Waals surface area contributed by atoms with E-state index in [2.05, 4.69) is 4.98 Å². The Labute approximate surface area is 146 Å². The summed E-state index contributed by atoms with van der Waals surface area (Å²) in [6.45, 7) is -0.136. The van der Waals surface area contributed by atoms with E-state index in [4.69, 9.17) is 9.47 Å². The molecule has 3 aromatic rings. The predicted octanol–water partition coefficient (Wildman–Crippen LogP) is 4.45. The summed E-state index contributed by atoms with van der Waals surface area (Å²) in [5.74, 6) is -0.988. The highest BCUT2D eigenvalue weighted by Crippen LogP contribution is 2.25. The van der Waals surface area contributed by atoms with Crippen molar-refractivity contribution in [3.63, 3.8) is 0 Å². The van der Waals surface area contributed by atoms with Crippen molar-refractivity contribution in [1.82, 2.24) is 4.98 Å². The van der Waals surface area contributed by atoms with Crippen molar-refractivity contribution in [2.24, 2.45) is 0 Å². The maximum Gasteiger partial charge on any atom is 0.358 e. The Balaban J connectivity index is 1.70. The molecule has 0 atom stereocenters. The lowest BCUT2D eigenvalue weighted by atomic mass is 10.2. The van der Waals surface area contributed by atoms with Gasteiger partial charge in [-0.3, -0.25) is 0 Å². The van der Waals surface area contributed by atoms with Gasteiger partial charge in [-0.1, -0.05) is 0 Å². The number of halogens is 2. The molecule has 0 unspecified atom stereocenters. The van der Waals surface area contributed by atoms with E-state index < -0.39 is 11.8 Å². The molecule has 7 heteroatoms. The summed E-state index contributed by atoms with van der Waals surface area (Å²) >= 11 is 1.25. The van der Waals surface area contributed by atoms with Gasteiger partial charge in [-0.25, -0.2) is 18.6 Å². The number of thiazole rings is 1. The Morgan fingerprint density at radius 2 is 1.84 bits per heavy atom. The molecule has 0 aliphatic heterocycles. The van der Waals surface area contributed by atoms with E-state index in [1.54, 1.807) is 17.5 Å². The first-order valence-corrected chi connectivity index (χ1v) is 8.16. The quantitative estimate of drug-likeness (QED) is 0.630. The van der Waals surface area contributed by atoms with Gasteiger partial charge in [0.25, 0.3) is 0 Å². The Bertz CT molecular complexity index is 894. The van der Waals surface area contributed by atoms with Gasteiger partial charge in [-0.15, -0.1) is 11.3 Å². The van der Waals surface area contributed by atoms with Crippen LogP contribution in [-0.2, 0) is 11.3 Å². The maximum absolute atomic E-state index is 13.3. The number of nitrogens with zero attached hydrogens (tertiary/aromatic N) is 1. The van der Waals surface area contributed by atoms with Crippen LogP contribution < -0.4 is 4.74 Å². The highest BCUT2D eigenvalue weighted by Gasteiger charge is 2.15. The number of hydrogen-bond acceptors (Lipinski definition) is 5. The molecule has 0 aliphatic carbocycles. The zero-order valence-corrected chi connectivity index (χ0v) is 14.0. The van der Waals surface area contributed by atoms with Crippen LogP contribution in [0.5, 0.6) is 5.75 Å². The van der Waals surface area contributed by atoms with Crippen molar-refractivity contribution in [2.45, 2.75) is 6.61 Å². The molecule has 0 saturated heterocycles. The first-order valence-electron chi connectivity index (χ1n) is 7.28. The minimum atomic E-state index is -0.629. The molecular formula is C18H13F2NO3S. The second-order valence-electron chi connectivity index (χ2n) is 5.08. The second kappa shape index (κ2) is 7.40. The van der Waals surface area contributed by atoms with Crippen LogP contribution >= 0.6 is 11.3 Å². The van der Waals surface area contributed by atoms with E-state index in [1.165, 1.54) is 48.8 Å². The summed E-state index contributed by atoms with van der Waals surface area (Å²) in [6.07, 6.45) is 0. The summed E-state index contributed by atoms with van der Waals surface area (Å²) in [4.78, 5) is 16.3. The fourth-order valence-electron chi connectivity index (χ4n) is 2.17. The molecule has 4 nitrogen and oxygen atoms in total. The van der Waals surface area contributed by atoms with Crippen LogP contribution in [0.2, 0.25) is 0 Å². The molecule has 3 rings (SSSR count). The average molecular weight is 361 g/mol. The molecule has 2 aromatic carbocycles. The molecule has 0 bridgehead atoms. The van der Waals surface area contributed by atoms with Gasteiger partial charge in [0.05, 0.1) is 7.11 Å². The Hall–Kier alpha value is -2.80. The van der Waals surface area contributed by atoms with Gasteiger partial charge in [-0.2, -0.15) is 0 Å². The number of ether oxygens (including phenoxy) is 2. The summed E-state index contributed by atoms with van der Waals surface area (Å²) in [7, 11) is 1.45. The highest BCUT2D eigenvalue weighted by atomic mass is 32.1. The summed E-state index contributed by atoms with van der Waals surface area (Å²) in [5, 5.41) is 2.14. The van der Waals surface area contributed by atoms with Crippen molar-refractivity contribution in [3.05, 3.63) is 70.7 Å². The molecule has 0 amide bonds. The molecular weight excluding hydrogens is 348 g/mol. The smallest absolute Gasteiger partial charge is 0.358 e. The lowest BCUT2D eigenvalue weighted by Crippen LogP contribution is -2.06. The number of rotatable bonds is 5. The van der Waals surface area contributed by atoms with Gasteiger partial charge in [0.1, 0.15) is 29.0 Å². The highest BCUT2D eigenvalue weighted by molar-refractivity contribution is 7.13. The minimum Gasteiger partial charge on any atom is -0.496 e. The normalized spacial score (nSPS) is 10.5. The Morgan fingerprint density at radius 1 is 1.12 bits per heavy atom. The summed E-state index contributed by atoms with van der Waals surface area (Å²) in [5.41, 5.74) is 1.27. The first-order chi connectivity index (χ1) is 12.1. The number of carbonyl (C=O) groups excluding carboxylic acids is 1. The molecule has 0 fully saturated rings. The third-order valence-corrected chi connectivity index (χ3v) is 4.30. The molecule has 1 heterocycles. The standard InChI is InChI=1S/C18H13F2NO3S/c1-23-16-7-6-14(20)8-12(16)9-24-18(22)15-10-25-17(21-15)11-2-4-13(19)5-3-11/h2-8,10H,9H2,1H3. The van der Waals surface area contributed by atoms with Crippen LogP contribution in [0, 0.1) is 11.6 Å². The van der Waals surface area contributed by atoms with Gasteiger partial charge in [0.15, 0.2) is 5.69 Å². The van der Waals surface area contributed by atoms with Gasteiger partial charge in [-0.05, 0) is 42.5 Å². The molecule has 128 valence electrons. The van der Waals surface area contributed by atoms with Crippen LogP contribution in [0.3, 0.4) is 0 Å². The van der Waals surface area contributed by atoms with Crippen LogP contribution in [-0.4, -0.2) is 18.1 Å². The van der Waals surface area contributed by atoms with Crippen LogP contribution in [0.4, 0.5) is 8.78 Å². The largest absolute Gasteiger partial charge is 0.496 e. The van der Waals surface area contributed by atoms with Crippen molar-refractivity contribution < 1.29 is 23.0 Å². The number of carbonyl (C=O) groups is 1. The van der Waals surface area contributed by atoms with E-state index in [1.807, 2.05) is 0 Å². The van der Waals surface area contributed by atoms with Crippen LogP contribution in [0.25, 0.3) is 10.6 Å². The van der Waals surface area contributed by atoms with Crippen molar-refractivity contribution in [1.29, 1.82) is 0 Å². The number of hydrogen-bond donors (Lipinski definition) is 0. The molecule has 1 aromatic heterocycles. The molecule has 25 heavy (non-hydrogen) atoms. The van der Waals surface area contributed by atoms with Crippen LogP contribution in [0.1, 0.15) is 16.1 Å². The van der Waals surface area contributed by atoms with Crippen LogP contribution in [0.15, 0.2) is 47.8 Å². The average Bonchev–Trinajstić information content (AvgIpc) is 3.10. The fraction of sp³-hybridized carbons (Fsp3) is 0.111. The van der Waals surface area contributed by atoms with E-state index >= 15 is 0 Å². The lowest BCUT2D eigenvalue weighted by molar-refractivity contribution is 0.0464. The predicted molar refractivity (Wildman–Crippen MR) is 89.6 cm³/mol. The molecule has 0 N–H and O–H groups in total. The number of aromatic nitrogens is 1. The van der Waals surface area contributed by atoms with E-state index in [9.17, 15) is 13.6 Å². The summed E-state index contributed by atoms with van der Waals surface area (Å²) in [6, 6.07) is 9.79. The SMILES string of the molecule is COc1ccc(F)cc1COC(=O)c1csc(-c2ccc(F)cc2)n1. The van der Waals surface area contributed by atoms with Gasteiger partial charge >= 0.3 is 5.97 Å². The first kappa shape index (κ1) is 17.0. The molecule has 0 spiro atoms. The van der Waals surface area contributed by atoms with Gasteiger partial charge in [0.2, 0.25) is 0 Å². The maximum atomic E-state index is 13.3. The van der Waals surface area contributed by atoms with E-state index in [0.29, 0.717) is 21.9 Å². The lowest BCUT2D eigenvalue weighted by Gasteiger charge is -2.08. The molecule has 0 aliphatic rings. The molecule has 0 saturated carbocycles. The zero-order valence-electron chi connectivity index (χ0n) is 13.2. The monoisotopic (exact) mass is 361 g/mol. The third kappa shape index (κ3) is 4.00. The Kier molecular flexibility index (Phi) is 5.04. The fourth-order valence-corrected chi connectivity index (χ4v) is 2.97. The molecule has 0 radical (unpaired) electrons. The minimum absolute atomic E-state index is 0.136. The topological polar surface area (TPSA) is 48.4 Å². The van der Waals surface area contributed by atoms with E-state index in [-0.39, 0.29) is 18.1 Å². The number of methoxy groups -OCH3 is 1. The summed E-state index contributed by atoms with van der Waals surface area (Å²) < 4.78 is 36.6. The van der Waals surface area contributed by atoms with Crippen molar-refractivity contribution in [2.75, 3.05) is 7.11 Å². The van der Waals surface area contributed by atoms with Gasteiger partial charge in [0, 0.05) is 16.5 Å². The Morgan fingerprint density at radius 3 is 2.56 bits per heavy atom. The van der Waals surface area contributed by atoms with Crippen molar-refractivity contribution in [3.8, 4) is 16.3 Å². The van der Waals surface area contributed by atoms with Gasteiger partial charge < -0.3 is 9.47 Å². The zero-order chi connectivity index (χ0) is 17.8. The number of esters is 1. The second-order valence-corrected chi connectivity index (χ2v) is 5.94. The third-order valence-electron chi connectivity index (χ3n) is 3.41. The van der Waals surface area contributed by atoms with Crippen molar-refractivity contribution >= 4 is 17.3 Å².